The molecule has 3 heterocycles. The lowest BCUT2D eigenvalue weighted by molar-refractivity contribution is 0.0696. The molecule has 1 saturated heterocycles. The number of carbonyl (C=O) groups is 1. The summed E-state index contributed by atoms with van der Waals surface area (Å²) >= 11 is 0. The molecule has 1 atom stereocenters. The number of hydrogen-bond acceptors (Lipinski definition) is 6. The number of aromatic nitrogens is 5. The number of carbonyl (C=O) groups excluding carboxylic acids is 1. The Morgan fingerprint density at radius 3 is 2.85 bits per heavy atom. The summed E-state index contributed by atoms with van der Waals surface area (Å²) in [6.07, 6.45) is 3.34. The van der Waals surface area contributed by atoms with Crippen LogP contribution in [0.25, 0.3) is 0 Å². The number of piperidine rings is 1. The Labute approximate surface area is 158 Å². The lowest BCUT2D eigenvalue weighted by Gasteiger charge is -2.32. The van der Waals surface area contributed by atoms with Crippen LogP contribution in [0, 0.1) is 0 Å². The molecule has 0 aromatic carbocycles. The fourth-order valence-corrected chi connectivity index (χ4v) is 3.45. The quantitative estimate of drug-likeness (QED) is 0.730. The van der Waals surface area contributed by atoms with Crippen LogP contribution in [0.2, 0.25) is 0 Å². The summed E-state index contributed by atoms with van der Waals surface area (Å²) in [6, 6.07) is 3.39. The topological polar surface area (TPSA) is 89.2 Å². The highest BCUT2D eigenvalue weighted by atomic mass is 16.2. The molecule has 9 nitrogen and oxygen atoms in total. The number of nitrogens with zero attached hydrogens (tertiary/aromatic N) is 7. The zero-order chi connectivity index (χ0) is 19.4. The molecule has 2 aromatic rings. The van der Waals surface area contributed by atoms with Crippen molar-refractivity contribution < 1.29 is 4.79 Å². The van der Waals surface area contributed by atoms with Gasteiger partial charge in [0.05, 0.1) is 6.54 Å². The highest BCUT2D eigenvalue weighted by Crippen LogP contribution is 2.26. The second kappa shape index (κ2) is 8.43. The maximum atomic E-state index is 12.7. The Morgan fingerprint density at radius 1 is 1.37 bits per heavy atom. The lowest BCUT2D eigenvalue weighted by atomic mass is 9.97. The molecule has 0 unspecified atom stereocenters. The van der Waals surface area contributed by atoms with E-state index in [4.69, 9.17) is 0 Å². The zero-order valence-electron chi connectivity index (χ0n) is 16.2. The van der Waals surface area contributed by atoms with E-state index in [1.807, 2.05) is 25.9 Å². The van der Waals surface area contributed by atoms with Gasteiger partial charge in [0, 0.05) is 38.3 Å². The number of hydrogen-bond donors (Lipinski definition) is 0. The fraction of sp³-hybridized carbons (Fsp3) is 0.611. The lowest BCUT2D eigenvalue weighted by Crippen LogP contribution is -2.40. The van der Waals surface area contributed by atoms with Crippen molar-refractivity contribution in [3.8, 4) is 0 Å². The Balaban J connectivity index is 1.80. The minimum absolute atomic E-state index is 0.0487. The van der Waals surface area contributed by atoms with Gasteiger partial charge in [-0.3, -0.25) is 9.36 Å². The number of amides is 1. The maximum absolute atomic E-state index is 12.7. The van der Waals surface area contributed by atoms with Crippen molar-refractivity contribution in [1.29, 1.82) is 0 Å². The second-order valence-electron chi connectivity index (χ2n) is 7.11. The second-order valence-corrected chi connectivity index (χ2v) is 7.11. The molecule has 3 rings (SSSR count). The minimum atomic E-state index is -0.120. The van der Waals surface area contributed by atoms with Crippen molar-refractivity contribution in [2.24, 2.45) is 0 Å². The van der Waals surface area contributed by atoms with Gasteiger partial charge >= 0.3 is 5.69 Å². The first-order chi connectivity index (χ1) is 13.0. The molecule has 0 saturated carbocycles. The van der Waals surface area contributed by atoms with E-state index in [1.165, 1.54) is 0 Å². The molecule has 0 spiro atoms. The third-order valence-corrected chi connectivity index (χ3v) is 4.89. The molecule has 9 heteroatoms. The highest BCUT2D eigenvalue weighted by molar-refractivity contribution is 5.92. The zero-order valence-corrected chi connectivity index (χ0v) is 16.2. The van der Waals surface area contributed by atoms with Crippen molar-refractivity contribution >= 4 is 5.91 Å². The van der Waals surface area contributed by atoms with E-state index in [0.717, 1.165) is 25.2 Å². The van der Waals surface area contributed by atoms with Gasteiger partial charge in [0.2, 0.25) is 0 Å². The molecule has 2 aromatic heterocycles. The summed E-state index contributed by atoms with van der Waals surface area (Å²) in [5.74, 6) is 0.704. The van der Waals surface area contributed by atoms with Crippen LogP contribution >= 0.6 is 0 Å². The van der Waals surface area contributed by atoms with Gasteiger partial charge in [0.1, 0.15) is 5.82 Å². The SMILES string of the molecule is CCn1c([C@@H]2CCCN(C(=O)c3cccnn3)C2)nn(CCN(C)C)c1=O. The van der Waals surface area contributed by atoms with Gasteiger partial charge in [-0.2, -0.15) is 10.2 Å². The first-order valence-corrected chi connectivity index (χ1v) is 9.40. The largest absolute Gasteiger partial charge is 0.345 e. The molecule has 0 N–H and O–H groups in total. The Morgan fingerprint density at radius 2 is 2.19 bits per heavy atom. The summed E-state index contributed by atoms with van der Waals surface area (Å²) in [5, 5.41) is 12.3. The van der Waals surface area contributed by atoms with Crippen LogP contribution in [0.5, 0.6) is 0 Å². The van der Waals surface area contributed by atoms with Crippen LogP contribution < -0.4 is 5.69 Å². The molecule has 0 radical (unpaired) electrons. The van der Waals surface area contributed by atoms with E-state index < -0.39 is 0 Å². The molecule has 1 amide bonds. The molecule has 1 aliphatic rings. The van der Waals surface area contributed by atoms with Crippen molar-refractivity contribution in [3.63, 3.8) is 0 Å². The van der Waals surface area contributed by atoms with Crippen molar-refractivity contribution in [1.82, 2.24) is 34.3 Å². The molecule has 0 aliphatic carbocycles. The summed E-state index contributed by atoms with van der Waals surface area (Å²) in [6.45, 7) is 5.06. The van der Waals surface area contributed by atoms with Crippen LogP contribution in [0.4, 0.5) is 0 Å². The van der Waals surface area contributed by atoms with E-state index in [0.29, 0.717) is 31.9 Å². The fourth-order valence-electron chi connectivity index (χ4n) is 3.45. The summed E-state index contributed by atoms with van der Waals surface area (Å²) in [5.41, 5.74) is 0.272. The van der Waals surface area contributed by atoms with Crippen molar-refractivity contribution in [2.75, 3.05) is 33.7 Å². The van der Waals surface area contributed by atoms with Crippen LogP contribution in [0.1, 0.15) is 42.0 Å². The maximum Gasteiger partial charge on any atom is 0.345 e. The number of likely N-dealkylation sites (tertiary alicyclic amines) is 1. The van der Waals surface area contributed by atoms with Crippen molar-refractivity contribution in [2.45, 2.75) is 38.8 Å². The van der Waals surface area contributed by atoms with Gasteiger partial charge in [-0.1, -0.05) is 0 Å². The highest BCUT2D eigenvalue weighted by Gasteiger charge is 2.30. The third-order valence-electron chi connectivity index (χ3n) is 4.89. The van der Waals surface area contributed by atoms with E-state index in [1.54, 1.807) is 32.5 Å². The molecule has 1 fully saturated rings. The predicted octanol–water partition coefficient (Wildman–Crippen LogP) is 0.436. The van der Waals surface area contributed by atoms with E-state index in [9.17, 15) is 9.59 Å². The molecular weight excluding hydrogens is 346 g/mol. The smallest absolute Gasteiger partial charge is 0.337 e. The average molecular weight is 373 g/mol. The minimum Gasteiger partial charge on any atom is -0.337 e. The first kappa shape index (κ1) is 19.2. The molecule has 146 valence electrons. The van der Waals surface area contributed by atoms with Crippen LogP contribution in [0.15, 0.2) is 23.1 Å². The van der Waals surface area contributed by atoms with Crippen molar-refractivity contribution in [3.05, 3.63) is 40.3 Å². The molecule has 0 bridgehead atoms. The standard InChI is InChI=1S/C18H27N7O2/c1-4-24-16(21-25(18(24)27)12-11-22(2)3)14-7-6-10-23(13-14)17(26)15-8-5-9-19-20-15/h5,8-9,14H,4,6-7,10-13H2,1-3H3/t14-/m1/s1. The van der Waals surface area contributed by atoms with Crippen LogP contribution in [-0.2, 0) is 13.1 Å². The van der Waals surface area contributed by atoms with Gasteiger partial charge in [0.15, 0.2) is 5.69 Å². The van der Waals surface area contributed by atoms with E-state index in [2.05, 4.69) is 15.3 Å². The summed E-state index contributed by atoms with van der Waals surface area (Å²) in [7, 11) is 3.94. The Kier molecular flexibility index (Phi) is 6.00. The van der Waals surface area contributed by atoms with Gasteiger partial charge in [-0.25, -0.2) is 9.48 Å². The summed E-state index contributed by atoms with van der Waals surface area (Å²) in [4.78, 5) is 29.2. The third kappa shape index (κ3) is 4.24. The average Bonchev–Trinajstić information content (AvgIpc) is 3.02. The Hall–Kier alpha value is -2.55. The predicted molar refractivity (Wildman–Crippen MR) is 101 cm³/mol. The number of rotatable bonds is 6. The molecule has 27 heavy (non-hydrogen) atoms. The molecular formula is C18H27N7O2. The Bertz CT molecular complexity index is 828. The molecule has 1 aliphatic heterocycles. The monoisotopic (exact) mass is 373 g/mol. The number of likely N-dealkylation sites (N-methyl/N-ethyl adjacent to an activating group) is 1. The van der Waals surface area contributed by atoms with Crippen LogP contribution in [0.3, 0.4) is 0 Å². The van der Waals surface area contributed by atoms with E-state index >= 15 is 0 Å². The normalized spacial score (nSPS) is 17.5. The van der Waals surface area contributed by atoms with Gasteiger partial charge in [0.25, 0.3) is 5.91 Å². The first-order valence-electron chi connectivity index (χ1n) is 9.40. The van der Waals surface area contributed by atoms with Gasteiger partial charge in [-0.05, 0) is 46.0 Å². The summed E-state index contributed by atoms with van der Waals surface area (Å²) < 4.78 is 3.28. The van der Waals surface area contributed by atoms with E-state index in [-0.39, 0.29) is 17.5 Å². The van der Waals surface area contributed by atoms with Gasteiger partial charge < -0.3 is 9.80 Å². The van der Waals surface area contributed by atoms with Crippen LogP contribution in [-0.4, -0.2) is 74.0 Å². The van der Waals surface area contributed by atoms with Gasteiger partial charge in [-0.15, -0.1) is 5.10 Å².